The zero-order valence-electron chi connectivity index (χ0n) is 16.7. The molecule has 4 saturated carbocycles. The molecule has 3 N–H and O–H groups in total. The van der Waals surface area contributed by atoms with Gasteiger partial charge in [-0.25, -0.2) is 8.42 Å². The van der Waals surface area contributed by atoms with Crippen LogP contribution in [0.4, 0.5) is 0 Å². The highest BCUT2D eigenvalue weighted by Gasteiger charge is 2.59. The molecule has 0 saturated heterocycles. The molecule has 0 spiro atoms. The summed E-state index contributed by atoms with van der Waals surface area (Å²) in [5.41, 5.74) is -1.96. The van der Waals surface area contributed by atoms with Crippen LogP contribution in [0.3, 0.4) is 0 Å². The van der Waals surface area contributed by atoms with E-state index in [0.717, 1.165) is 19.3 Å². The molecule has 1 aromatic rings. The molecule has 4 aliphatic rings. The molecule has 29 heavy (non-hydrogen) atoms. The molecular formula is C21H28N2O5S. The van der Waals surface area contributed by atoms with Crippen molar-refractivity contribution >= 4 is 21.9 Å². The average Bonchev–Trinajstić information content (AvgIpc) is 2.63. The molecule has 0 aliphatic heterocycles. The molecule has 2 atom stereocenters. The second kappa shape index (κ2) is 6.80. The van der Waals surface area contributed by atoms with Crippen LogP contribution in [0.25, 0.3) is 0 Å². The summed E-state index contributed by atoms with van der Waals surface area (Å²) in [7, 11) is -3.83. The molecule has 4 aliphatic carbocycles. The monoisotopic (exact) mass is 420 g/mol. The predicted octanol–water partition coefficient (Wildman–Crippen LogP) is 2.14. The summed E-state index contributed by atoms with van der Waals surface area (Å²) >= 11 is 0. The Bertz CT molecular complexity index is 912. The number of nitrogens with one attached hydrogen (secondary N) is 2. The van der Waals surface area contributed by atoms with E-state index >= 15 is 0 Å². The van der Waals surface area contributed by atoms with Crippen molar-refractivity contribution < 1.29 is 23.1 Å². The van der Waals surface area contributed by atoms with Crippen LogP contribution in [0, 0.1) is 23.2 Å². The number of hydrogen-bond acceptors (Lipinski definition) is 4. The molecule has 158 valence electrons. The van der Waals surface area contributed by atoms with Gasteiger partial charge < -0.3 is 10.4 Å². The summed E-state index contributed by atoms with van der Waals surface area (Å²) in [6.45, 7) is 3.11. The van der Waals surface area contributed by atoms with Gasteiger partial charge in [-0.15, -0.1) is 0 Å². The fraction of sp³-hybridized carbons (Fsp3) is 0.619. The molecule has 0 aromatic heterocycles. The van der Waals surface area contributed by atoms with Gasteiger partial charge in [0.1, 0.15) is 5.54 Å². The lowest BCUT2D eigenvalue weighted by molar-refractivity contribution is -0.168. The lowest BCUT2D eigenvalue weighted by Gasteiger charge is -2.58. The SMILES string of the molecule is CC(C)(NS(=O)(=O)c1ccccc1)C(=O)NC1C2CC3CC1CC(C(=O)O)(C3)C2. The summed E-state index contributed by atoms with van der Waals surface area (Å²) < 4.78 is 27.8. The van der Waals surface area contributed by atoms with Gasteiger partial charge in [0.2, 0.25) is 15.9 Å². The van der Waals surface area contributed by atoms with E-state index in [1.807, 2.05) is 0 Å². The van der Waals surface area contributed by atoms with Crippen LogP contribution in [-0.2, 0) is 19.6 Å². The van der Waals surface area contributed by atoms with Crippen LogP contribution in [0.1, 0.15) is 46.0 Å². The number of hydrogen-bond donors (Lipinski definition) is 3. The first-order chi connectivity index (χ1) is 13.5. The topological polar surface area (TPSA) is 113 Å². The maximum Gasteiger partial charge on any atom is 0.309 e. The van der Waals surface area contributed by atoms with Gasteiger partial charge in [-0.1, -0.05) is 18.2 Å². The third-order valence-corrected chi connectivity index (χ3v) is 8.71. The van der Waals surface area contributed by atoms with E-state index in [1.165, 1.54) is 12.1 Å². The van der Waals surface area contributed by atoms with E-state index < -0.39 is 26.9 Å². The lowest BCUT2D eigenvalue weighted by atomic mass is 9.48. The lowest BCUT2D eigenvalue weighted by Crippen LogP contribution is -2.64. The maximum atomic E-state index is 13.0. The number of sulfonamides is 1. The predicted molar refractivity (Wildman–Crippen MR) is 106 cm³/mol. The zero-order chi connectivity index (χ0) is 21.0. The van der Waals surface area contributed by atoms with Crippen molar-refractivity contribution in [3.8, 4) is 0 Å². The molecule has 5 rings (SSSR count). The number of benzene rings is 1. The standard InChI is InChI=1S/C21H28N2O5S/c1-20(2,23-29(27,28)16-6-4-3-5-7-16)18(24)22-17-14-8-13-9-15(17)12-21(10-13,11-14)19(25)26/h3-7,13-15,17,23H,8-12H2,1-2H3,(H,22,24)(H,25,26). The Morgan fingerprint density at radius 2 is 1.66 bits per heavy atom. The smallest absolute Gasteiger partial charge is 0.309 e. The number of amides is 1. The van der Waals surface area contributed by atoms with E-state index in [1.54, 1.807) is 32.0 Å². The summed E-state index contributed by atoms with van der Waals surface area (Å²) in [5.74, 6) is -0.386. The fourth-order valence-corrected chi connectivity index (χ4v) is 7.29. The number of carbonyl (C=O) groups is 2. The molecule has 1 amide bonds. The summed E-state index contributed by atoms with van der Waals surface area (Å²) in [6, 6.07) is 7.88. The van der Waals surface area contributed by atoms with Gasteiger partial charge in [-0.05, 0) is 75.8 Å². The van der Waals surface area contributed by atoms with Crippen LogP contribution >= 0.6 is 0 Å². The Morgan fingerprint density at radius 1 is 1.07 bits per heavy atom. The van der Waals surface area contributed by atoms with Crippen molar-refractivity contribution in [1.29, 1.82) is 0 Å². The molecule has 8 heteroatoms. The number of carboxylic acid groups (broad SMARTS) is 1. The highest BCUT2D eigenvalue weighted by molar-refractivity contribution is 7.89. The highest BCUT2D eigenvalue weighted by Crippen LogP contribution is 2.60. The van der Waals surface area contributed by atoms with Gasteiger partial charge in [0.25, 0.3) is 0 Å². The Labute approximate surface area is 171 Å². The maximum absolute atomic E-state index is 13.0. The van der Waals surface area contributed by atoms with Crippen LogP contribution < -0.4 is 10.0 Å². The van der Waals surface area contributed by atoms with Crippen LogP contribution in [0.5, 0.6) is 0 Å². The largest absolute Gasteiger partial charge is 0.481 e. The van der Waals surface area contributed by atoms with E-state index in [9.17, 15) is 23.1 Å². The second-order valence-corrected chi connectivity index (χ2v) is 11.3. The van der Waals surface area contributed by atoms with Gasteiger partial charge in [0, 0.05) is 6.04 Å². The van der Waals surface area contributed by atoms with Crippen LogP contribution in [0.2, 0.25) is 0 Å². The number of rotatable bonds is 6. The Balaban J connectivity index is 1.47. The molecule has 4 fully saturated rings. The number of carboxylic acids is 1. The average molecular weight is 421 g/mol. The fourth-order valence-electron chi connectivity index (χ4n) is 5.89. The summed E-state index contributed by atoms with van der Waals surface area (Å²) in [4.78, 5) is 25.0. The molecule has 4 bridgehead atoms. The molecule has 0 radical (unpaired) electrons. The van der Waals surface area contributed by atoms with Crippen LogP contribution in [-0.4, -0.2) is 37.0 Å². The Morgan fingerprint density at radius 3 is 2.21 bits per heavy atom. The quantitative estimate of drug-likeness (QED) is 0.653. The molecule has 1 aromatic carbocycles. The van der Waals surface area contributed by atoms with Crippen molar-refractivity contribution in [1.82, 2.24) is 10.0 Å². The van der Waals surface area contributed by atoms with E-state index in [-0.39, 0.29) is 28.7 Å². The second-order valence-electron chi connectivity index (χ2n) is 9.60. The van der Waals surface area contributed by atoms with E-state index in [0.29, 0.717) is 18.8 Å². The Hall–Kier alpha value is -1.93. The van der Waals surface area contributed by atoms with Gasteiger partial charge in [-0.3, -0.25) is 9.59 Å². The van der Waals surface area contributed by atoms with Crippen molar-refractivity contribution in [2.75, 3.05) is 0 Å². The third kappa shape index (κ3) is 3.57. The molecule has 2 unspecified atom stereocenters. The van der Waals surface area contributed by atoms with Crippen molar-refractivity contribution in [3.63, 3.8) is 0 Å². The summed E-state index contributed by atoms with van der Waals surface area (Å²) in [6.07, 6.45) is 3.81. The van der Waals surface area contributed by atoms with Crippen molar-refractivity contribution in [3.05, 3.63) is 30.3 Å². The van der Waals surface area contributed by atoms with Gasteiger partial charge in [-0.2, -0.15) is 4.72 Å². The minimum absolute atomic E-state index is 0.0907. The number of carbonyl (C=O) groups excluding carboxylic acids is 1. The van der Waals surface area contributed by atoms with Crippen molar-refractivity contribution in [2.45, 2.75) is 62.4 Å². The van der Waals surface area contributed by atoms with E-state index in [4.69, 9.17) is 0 Å². The Kier molecular flexibility index (Phi) is 4.77. The van der Waals surface area contributed by atoms with Crippen molar-refractivity contribution in [2.24, 2.45) is 23.2 Å². The van der Waals surface area contributed by atoms with Crippen LogP contribution in [0.15, 0.2) is 35.2 Å². The molecule has 7 nitrogen and oxygen atoms in total. The van der Waals surface area contributed by atoms with Gasteiger partial charge in [0.05, 0.1) is 10.3 Å². The zero-order valence-corrected chi connectivity index (χ0v) is 17.5. The number of aliphatic carboxylic acids is 1. The third-order valence-electron chi connectivity index (χ3n) is 7.04. The van der Waals surface area contributed by atoms with E-state index in [2.05, 4.69) is 10.0 Å². The normalized spacial score (nSPS) is 33.4. The highest BCUT2D eigenvalue weighted by atomic mass is 32.2. The van der Waals surface area contributed by atoms with Gasteiger partial charge >= 0.3 is 5.97 Å². The first-order valence-corrected chi connectivity index (χ1v) is 11.6. The molecule has 0 heterocycles. The molecular weight excluding hydrogens is 392 g/mol. The first kappa shape index (κ1) is 20.3. The minimum Gasteiger partial charge on any atom is -0.481 e. The first-order valence-electron chi connectivity index (χ1n) is 10.2. The minimum atomic E-state index is -3.83. The van der Waals surface area contributed by atoms with Gasteiger partial charge in [0.15, 0.2) is 0 Å². The summed E-state index contributed by atoms with van der Waals surface area (Å²) in [5, 5.41) is 12.8.